The van der Waals surface area contributed by atoms with Crippen LogP contribution in [0.15, 0.2) is 53.4 Å². The highest BCUT2D eigenvalue weighted by atomic mass is 32.2. The van der Waals surface area contributed by atoms with E-state index in [9.17, 15) is 18.0 Å². The summed E-state index contributed by atoms with van der Waals surface area (Å²) < 4.78 is 33.7. The van der Waals surface area contributed by atoms with Crippen molar-refractivity contribution >= 4 is 33.2 Å². The molecule has 8 nitrogen and oxygen atoms in total. The number of rotatable bonds is 8. The summed E-state index contributed by atoms with van der Waals surface area (Å²) >= 11 is 0. The van der Waals surface area contributed by atoms with Gasteiger partial charge in [-0.2, -0.15) is 4.31 Å². The summed E-state index contributed by atoms with van der Waals surface area (Å²) in [5.41, 5.74) is 0.970. The van der Waals surface area contributed by atoms with Crippen LogP contribution in [-0.4, -0.2) is 50.8 Å². The van der Waals surface area contributed by atoms with E-state index in [4.69, 9.17) is 4.74 Å². The molecule has 0 atom stereocenters. The van der Waals surface area contributed by atoms with Crippen molar-refractivity contribution in [2.24, 2.45) is 0 Å². The zero-order valence-electron chi connectivity index (χ0n) is 19.4. The molecule has 0 spiro atoms. The Labute approximate surface area is 200 Å². The van der Waals surface area contributed by atoms with Crippen LogP contribution in [0.3, 0.4) is 0 Å². The highest BCUT2D eigenvalue weighted by Crippen LogP contribution is 2.30. The number of hydrogen-bond donors (Lipinski definition) is 1. The van der Waals surface area contributed by atoms with Crippen molar-refractivity contribution in [2.75, 3.05) is 30.4 Å². The van der Waals surface area contributed by atoms with Crippen molar-refractivity contribution in [1.29, 1.82) is 0 Å². The molecule has 34 heavy (non-hydrogen) atoms. The van der Waals surface area contributed by atoms with Crippen LogP contribution in [0.2, 0.25) is 0 Å². The summed E-state index contributed by atoms with van der Waals surface area (Å²) in [6.07, 6.45) is 6.23. The molecule has 2 aromatic carbocycles. The molecule has 2 aromatic rings. The summed E-state index contributed by atoms with van der Waals surface area (Å²) in [4.78, 5) is 26.4. The van der Waals surface area contributed by atoms with Crippen molar-refractivity contribution in [3.8, 4) is 5.75 Å². The molecule has 1 aliphatic heterocycles. The zero-order chi connectivity index (χ0) is 24.1. The number of ether oxygens (including phenoxy) is 1. The van der Waals surface area contributed by atoms with Crippen molar-refractivity contribution in [1.82, 2.24) is 4.31 Å². The van der Waals surface area contributed by atoms with E-state index in [1.807, 2.05) is 6.07 Å². The molecule has 2 amide bonds. The second-order valence-electron chi connectivity index (χ2n) is 8.79. The van der Waals surface area contributed by atoms with Gasteiger partial charge in [0.2, 0.25) is 15.9 Å². The lowest BCUT2D eigenvalue weighted by atomic mass is 9.96. The number of anilines is 2. The van der Waals surface area contributed by atoms with Gasteiger partial charge in [0.05, 0.1) is 5.69 Å². The lowest BCUT2D eigenvalue weighted by molar-refractivity contribution is -0.118. The average Bonchev–Trinajstić information content (AvgIpc) is 3.29. The fourth-order valence-corrected chi connectivity index (χ4v) is 6.15. The standard InChI is InChI=1S/C25H31N3O5S/c1-27(19-9-3-2-4-10-19)34(31,32)23-14-6-5-13-22(23)26-24(29)18-33-21-12-7-11-20(17-21)28-16-8-15-25(28)30/h5-7,11-14,17,19H,2-4,8-10,15-16,18H2,1H3,(H,26,29). The van der Waals surface area contributed by atoms with Crippen LogP contribution < -0.4 is 15.0 Å². The molecule has 1 heterocycles. The van der Waals surface area contributed by atoms with E-state index in [0.717, 1.165) is 44.2 Å². The van der Waals surface area contributed by atoms with Crippen molar-refractivity contribution in [2.45, 2.75) is 55.9 Å². The number of nitrogens with zero attached hydrogens (tertiary/aromatic N) is 2. The van der Waals surface area contributed by atoms with E-state index in [2.05, 4.69) is 5.32 Å². The molecular formula is C25H31N3O5S. The van der Waals surface area contributed by atoms with Gasteiger partial charge in [0.15, 0.2) is 6.61 Å². The predicted molar refractivity (Wildman–Crippen MR) is 130 cm³/mol. The lowest BCUT2D eigenvalue weighted by Gasteiger charge is -2.30. The number of carbonyl (C=O) groups is 2. The van der Waals surface area contributed by atoms with Crippen LogP contribution in [0.4, 0.5) is 11.4 Å². The largest absolute Gasteiger partial charge is 0.484 e. The van der Waals surface area contributed by atoms with Gasteiger partial charge in [0.1, 0.15) is 10.6 Å². The fourth-order valence-electron chi connectivity index (χ4n) is 4.59. The number of nitrogens with one attached hydrogen (secondary N) is 1. The van der Waals surface area contributed by atoms with Crippen LogP contribution in [0.1, 0.15) is 44.9 Å². The normalized spacial score (nSPS) is 17.2. The highest BCUT2D eigenvalue weighted by Gasteiger charge is 2.31. The SMILES string of the molecule is CN(C1CCCCC1)S(=O)(=O)c1ccccc1NC(=O)COc1cccc(N2CCCC2=O)c1. The molecule has 0 aromatic heterocycles. The van der Waals surface area contributed by atoms with Crippen molar-refractivity contribution in [3.63, 3.8) is 0 Å². The monoisotopic (exact) mass is 485 g/mol. The highest BCUT2D eigenvalue weighted by molar-refractivity contribution is 7.89. The van der Waals surface area contributed by atoms with Gasteiger partial charge in [0, 0.05) is 37.8 Å². The second kappa shape index (κ2) is 10.6. The Morgan fingerprint density at radius 2 is 1.85 bits per heavy atom. The van der Waals surface area contributed by atoms with E-state index in [1.165, 1.54) is 10.4 Å². The van der Waals surface area contributed by atoms with Crippen LogP contribution in [0.25, 0.3) is 0 Å². The Balaban J connectivity index is 1.42. The third-order valence-corrected chi connectivity index (χ3v) is 8.45. The van der Waals surface area contributed by atoms with E-state index in [-0.39, 0.29) is 29.1 Å². The average molecular weight is 486 g/mol. The lowest BCUT2D eigenvalue weighted by Crippen LogP contribution is -2.38. The molecule has 4 rings (SSSR count). The van der Waals surface area contributed by atoms with E-state index in [1.54, 1.807) is 48.3 Å². The third-order valence-electron chi connectivity index (χ3n) is 6.48. The van der Waals surface area contributed by atoms with Crippen LogP contribution in [0, 0.1) is 0 Å². The predicted octanol–water partition coefficient (Wildman–Crippen LogP) is 3.78. The molecule has 1 saturated heterocycles. The van der Waals surface area contributed by atoms with Gasteiger partial charge in [-0.3, -0.25) is 9.59 Å². The van der Waals surface area contributed by atoms with Gasteiger partial charge in [-0.25, -0.2) is 8.42 Å². The van der Waals surface area contributed by atoms with Crippen LogP contribution in [-0.2, 0) is 19.6 Å². The summed E-state index contributed by atoms with van der Waals surface area (Å²) in [6, 6.07) is 13.5. The molecule has 2 aliphatic rings. The Kier molecular flexibility index (Phi) is 7.53. The minimum Gasteiger partial charge on any atom is -0.484 e. The Hall–Kier alpha value is -2.91. The first kappa shape index (κ1) is 24.2. The molecule has 2 fully saturated rings. The van der Waals surface area contributed by atoms with Crippen LogP contribution >= 0.6 is 0 Å². The number of benzene rings is 2. The Morgan fingerprint density at radius 1 is 1.09 bits per heavy atom. The van der Waals surface area contributed by atoms with Gasteiger partial charge in [-0.15, -0.1) is 0 Å². The van der Waals surface area contributed by atoms with E-state index < -0.39 is 15.9 Å². The second-order valence-corrected chi connectivity index (χ2v) is 10.8. The van der Waals surface area contributed by atoms with E-state index >= 15 is 0 Å². The summed E-state index contributed by atoms with van der Waals surface area (Å²) in [6.45, 7) is 0.383. The van der Waals surface area contributed by atoms with Crippen molar-refractivity contribution in [3.05, 3.63) is 48.5 Å². The first-order valence-corrected chi connectivity index (χ1v) is 13.2. The maximum absolute atomic E-state index is 13.3. The maximum atomic E-state index is 13.3. The number of para-hydroxylation sites is 1. The van der Waals surface area contributed by atoms with Gasteiger partial charge >= 0.3 is 0 Å². The molecule has 0 radical (unpaired) electrons. The molecule has 1 saturated carbocycles. The molecule has 1 N–H and O–H groups in total. The van der Waals surface area contributed by atoms with Gasteiger partial charge in [0.25, 0.3) is 5.91 Å². The zero-order valence-corrected chi connectivity index (χ0v) is 20.2. The summed E-state index contributed by atoms with van der Waals surface area (Å²) in [5, 5.41) is 2.69. The number of sulfonamides is 1. The van der Waals surface area contributed by atoms with Gasteiger partial charge in [-0.1, -0.05) is 37.5 Å². The topological polar surface area (TPSA) is 96.0 Å². The summed E-state index contributed by atoms with van der Waals surface area (Å²) in [5.74, 6) is 0.0711. The molecule has 0 unspecified atom stereocenters. The number of hydrogen-bond acceptors (Lipinski definition) is 5. The number of amides is 2. The smallest absolute Gasteiger partial charge is 0.262 e. The first-order chi connectivity index (χ1) is 16.4. The molecule has 9 heteroatoms. The van der Waals surface area contributed by atoms with E-state index in [0.29, 0.717) is 18.7 Å². The first-order valence-electron chi connectivity index (χ1n) is 11.8. The van der Waals surface area contributed by atoms with Crippen molar-refractivity contribution < 1.29 is 22.7 Å². The minimum absolute atomic E-state index is 0.0272. The van der Waals surface area contributed by atoms with Gasteiger partial charge in [-0.05, 0) is 43.5 Å². The number of carbonyl (C=O) groups excluding carboxylic acids is 2. The summed E-state index contributed by atoms with van der Waals surface area (Å²) in [7, 11) is -2.15. The fraction of sp³-hybridized carbons (Fsp3) is 0.440. The molecule has 0 bridgehead atoms. The Bertz CT molecular complexity index is 1140. The minimum atomic E-state index is -3.76. The van der Waals surface area contributed by atoms with Gasteiger partial charge < -0.3 is 15.0 Å². The molecule has 1 aliphatic carbocycles. The molecular weight excluding hydrogens is 454 g/mol. The third kappa shape index (κ3) is 5.42. The quantitative estimate of drug-likeness (QED) is 0.614. The molecule has 182 valence electrons. The maximum Gasteiger partial charge on any atom is 0.262 e. The van der Waals surface area contributed by atoms with Crippen LogP contribution in [0.5, 0.6) is 5.75 Å². The Morgan fingerprint density at radius 3 is 2.59 bits per heavy atom.